The Labute approximate surface area is 234 Å². The molecule has 39 heavy (non-hydrogen) atoms. The van der Waals surface area contributed by atoms with Gasteiger partial charge in [-0.15, -0.1) is 0 Å². The van der Waals surface area contributed by atoms with Gasteiger partial charge in [-0.3, -0.25) is 14.9 Å². The Balaban J connectivity index is 1.43. The van der Waals surface area contributed by atoms with Gasteiger partial charge in [0.1, 0.15) is 12.2 Å². The molecule has 0 aromatic heterocycles. The Hall–Kier alpha value is -4.43. The smallest absolute Gasteiger partial charge is 0.335 e. The Kier molecular flexibility index (Phi) is 7.47. The van der Waals surface area contributed by atoms with Gasteiger partial charge in [0.25, 0.3) is 11.8 Å². The molecule has 4 aromatic carbocycles. The number of anilines is 1. The molecule has 1 N–H and O–H groups in total. The molecular formula is C31H25BrN2O5. The molecule has 4 aromatic rings. The van der Waals surface area contributed by atoms with Crippen LogP contribution in [0.25, 0.3) is 16.8 Å². The second-order valence-corrected chi connectivity index (χ2v) is 9.78. The van der Waals surface area contributed by atoms with E-state index in [1.165, 1.54) is 13.2 Å². The normalized spacial score (nSPS) is 14.6. The number of hydrogen-bond donors (Lipinski definition) is 1. The van der Waals surface area contributed by atoms with Gasteiger partial charge >= 0.3 is 6.03 Å². The zero-order valence-electron chi connectivity index (χ0n) is 21.4. The molecule has 0 bridgehead atoms. The number of fused-ring (bicyclic) bond motifs is 1. The monoisotopic (exact) mass is 584 g/mol. The van der Waals surface area contributed by atoms with Crippen LogP contribution in [0.15, 0.2) is 88.9 Å². The van der Waals surface area contributed by atoms with Crippen molar-refractivity contribution in [3.8, 4) is 11.5 Å². The number of imide groups is 2. The number of ether oxygens (including phenoxy) is 2. The lowest BCUT2D eigenvalue weighted by atomic mass is 10.0. The van der Waals surface area contributed by atoms with Crippen LogP contribution in [0.4, 0.5) is 10.5 Å². The van der Waals surface area contributed by atoms with Gasteiger partial charge in [-0.2, -0.15) is 0 Å². The fourth-order valence-corrected chi connectivity index (χ4v) is 4.87. The SMILES string of the molecule is CCc1ccc(N2C(=O)NC(=O)/C(=C/c3cc(OC)c(OCc4cccc5ccccc45)cc3Br)C2=O)cc1. The van der Waals surface area contributed by atoms with Crippen LogP contribution < -0.4 is 19.7 Å². The number of nitrogens with zero attached hydrogens (tertiary/aromatic N) is 1. The van der Waals surface area contributed by atoms with Gasteiger partial charge in [-0.1, -0.05) is 77.5 Å². The maximum absolute atomic E-state index is 13.3. The first-order valence-corrected chi connectivity index (χ1v) is 13.2. The third-order valence-electron chi connectivity index (χ3n) is 6.55. The predicted octanol–water partition coefficient (Wildman–Crippen LogP) is 6.42. The minimum atomic E-state index is -0.791. The van der Waals surface area contributed by atoms with E-state index in [0.717, 1.165) is 33.2 Å². The predicted molar refractivity (Wildman–Crippen MR) is 154 cm³/mol. The Bertz CT molecular complexity index is 1620. The third-order valence-corrected chi connectivity index (χ3v) is 7.24. The average Bonchev–Trinajstić information content (AvgIpc) is 2.95. The number of carbonyl (C=O) groups excluding carboxylic acids is 3. The molecule has 1 saturated heterocycles. The van der Waals surface area contributed by atoms with Crippen LogP contribution in [0.3, 0.4) is 0 Å². The molecular weight excluding hydrogens is 560 g/mol. The number of amides is 4. The fraction of sp³-hybridized carbons (Fsp3) is 0.129. The molecule has 1 aliphatic heterocycles. The highest BCUT2D eigenvalue weighted by Crippen LogP contribution is 2.36. The number of halogens is 1. The molecule has 0 aliphatic carbocycles. The summed E-state index contributed by atoms with van der Waals surface area (Å²) in [5.41, 5.74) is 2.80. The molecule has 1 fully saturated rings. The lowest BCUT2D eigenvalue weighted by Gasteiger charge is -2.26. The molecule has 0 saturated carbocycles. The highest BCUT2D eigenvalue weighted by Gasteiger charge is 2.37. The van der Waals surface area contributed by atoms with Gasteiger partial charge in [0.2, 0.25) is 0 Å². The van der Waals surface area contributed by atoms with Crippen LogP contribution in [-0.4, -0.2) is 25.0 Å². The van der Waals surface area contributed by atoms with Crippen LogP contribution in [0.2, 0.25) is 0 Å². The first-order chi connectivity index (χ1) is 18.9. The summed E-state index contributed by atoms with van der Waals surface area (Å²) in [6, 6.07) is 23.8. The summed E-state index contributed by atoms with van der Waals surface area (Å²) in [4.78, 5) is 39.5. The molecule has 0 unspecified atom stereocenters. The van der Waals surface area contributed by atoms with E-state index < -0.39 is 17.8 Å². The zero-order valence-corrected chi connectivity index (χ0v) is 22.9. The Morgan fingerprint density at radius 3 is 2.41 bits per heavy atom. The first kappa shape index (κ1) is 26.2. The van der Waals surface area contributed by atoms with E-state index >= 15 is 0 Å². The van der Waals surface area contributed by atoms with E-state index in [0.29, 0.717) is 33.8 Å². The van der Waals surface area contributed by atoms with Crippen molar-refractivity contribution in [2.45, 2.75) is 20.0 Å². The van der Waals surface area contributed by atoms with Gasteiger partial charge in [0.05, 0.1) is 12.8 Å². The van der Waals surface area contributed by atoms with Gasteiger partial charge in [-0.05, 0) is 64.2 Å². The molecule has 1 heterocycles. The van der Waals surface area contributed by atoms with Crippen molar-refractivity contribution >= 4 is 56.3 Å². The maximum Gasteiger partial charge on any atom is 0.335 e. The topological polar surface area (TPSA) is 84.9 Å². The molecule has 8 heteroatoms. The molecule has 0 radical (unpaired) electrons. The van der Waals surface area contributed by atoms with E-state index in [2.05, 4.69) is 39.4 Å². The van der Waals surface area contributed by atoms with Gasteiger partial charge in [-0.25, -0.2) is 9.69 Å². The first-order valence-electron chi connectivity index (χ1n) is 12.4. The van der Waals surface area contributed by atoms with Crippen LogP contribution in [0, 0.1) is 0 Å². The van der Waals surface area contributed by atoms with Gasteiger partial charge < -0.3 is 9.47 Å². The highest BCUT2D eigenvalue weighted by molar-refractivity contribution is 9.10. The Morgan fingerprint density at radius 2 is 1.67 bits per heavy atom. The van der Waals surface area contributed by atoms with Crippen molar-refractivity contribution in [2.24, 2.45) is 0 Å². The summed E-state index contributed by atoms with van der Waals surface area (Å²) in [6.45, 7) is 2.33. The molecule has 4 amide bonds. The Morgan fingerprint density at radius 1 is 0.923 bits per heavy atom. The zero-order chi connectivity index (χ0) is 27.5. The van der Waals surface area contributed by atoms with E-state index in [1.807, 2.05) is 43.3 Å². The number of nitrogens with one attached hydrogen (secondary N) is 1. The fourth-order valence-electron chi connectivity index (χ4n) is 4.44. The number of benzene rings is 4. The number of rotatable bonds is 7. The van der Waals surface area contributed by atoms with Crippen molar-refractivity contribution in [3.05, 3.63) is 106 Å². The summed E-state index contributed by atoms with van der Waals surface area (Å²) >= 11 is 3.53. The number of urea groups is 1. The summed E-state index contributed by atoms with van der Waals surface area (Å²) < 4.78 is 12.3. The van der Waals surface area contributed by atoms with Crippen molar-refractivity contribution in [1.82, 2.24) is 5.32 Å². The third kappa shape index (κ3) is 5.28. The van der Waals surface area contributed by atoms with Crippen molar-refractivity contribution in [2.75, 3.05) is 12.0 Å². The number of carbonyl (C=O) groups is 3. The number of methoxy groups -OCH3 is 1. The van der Waals surface area contributed by atoms with E-state index in [9.17, 15) is 14.4 Å². The van der Waals surface area contributed by atoms with Crippen LogP contribution in [-0.2, 0) is 22.6 Å². The van der Waals surface area contributed by atoms with Crippen LogP contribution in [0.5, 0.6) is 11.5 Å². The lowest BCUT2D eigenvalue weighted by Crippen LogP contribution is -2.54. The molecule has 0 spiro atoms. The summed E-state index contributed by atoms with van der Waals surface area (Å²) in [6.07, 6.45) is 2.25. The summed E-state index contributed by atoms with van der Waals surface area (Å²) in [5.74, 6) is -0.563. The summed E-state index contributed by atoms with van der Waals surface area (Å²) in [7, 11) is 1.52. The van der Waals surface area contributed by atoms with E-state index in [1.54, 1.807) is 24.3 Å². The van der Waals surface area contributed by atoms with Crippen LogP contribution >= 0.6 is 15.9 Å². The molecule has 7 nitrogen and oxygen atoms in total. The minimum Gasteiger partial charge on any atom is -0.493 e. The summed E-state index contributed by atoms with van der Waals surface area (Å²) in [5, 5.41) is 4.48. The van der Waals surface area contributed by atoms with Crippen molar-refractivity contribution in [3.63, 3.8) is 0 Å². The maximum atomic E-state index is 13.3. The number of hydrogen-bond acceptors (Lipinski definition) is 5. The molecule has 0 atom stereocenters. The average molecular weight is 585 g/mol. The number of barbiturate groups is 1. The van der Waals surface area contributed by atoms with Gasteiger partial charge in [0.15, 0.2) is 11.5 Å². The van der Waals surface area contributed by atoms with Crippen LogP contribution in [0.1, 0.15) is 23.6 Å². The standard InChI is InChI=1S/C31H25BrN2O5/c1-3-19-11-13-23(14-12-19)34-30(36)25(29(35)33-31(34)37)15-22-16-27(38-2)28(17-26(22)32)39-18-21-9-6-8-20-7-4-5-10-24(20)21/h4-17H,3,18H2,1-2H3,(H,33,35,37)/b25-15-. The second kappa shape index (κ2) is 11.1. The highest BCUT2D eigenvalue weighted by atomic mass is 79.9. The molecule has 1 aliphatic rings. The molecule has 196 valence electrons. The minimum absolute atomic E-state index is 0.179. The van der Waals surface area contributed by atoms with E-state index in [-0.39, 0.29) is 5.57 Å². The van der Waals surface area contributed by atoms with E-state index in [4.69, 9.17) is 9.47 Å². The quantitative estimate of drug-likeness (QED) is 0.200. The van der Waals surface area contributed by atoms with Crippen molar-refractivity contribution in [1.29, 1.82) is 0 Å². The van der Waals surface area contributed by atoms with Gasteiger partial charge in [0, 0.05) is 4.47 Å². The molecule has 5 rings (SSSR count). The lowest BCUT2D eigenvalue weighted by molar-refractivity contribution is -0.122. The van der Waals surface area contributed by atoms with Crippen molar-refractivity contribution < 1.29 is 23.9 Å². The second-order valence-electron chi connectivity index (χ2n) is 8.93. The largest absolute Gasteiger partial charge is 0.493 e. The number of aryl methyl sites for hydroxylation is 1.